The smallest absolute Gasteiger partial charge is 0.333 e. The Morgan fingerprint density at radius 1 is 0.857 bits per heavy atom. The van der Waals surface area contributed by atoms with E-state index in [1.807, 2.05) is 25.1 Å². The molecule has 1 aromatic carbocycles. The Balaban J connectivity index is 2.90. The van der Waals surface area contributed by atoms with Crippen molar-refractivity contribution in [1.82, 2.24) is 0 Å². The van der Waals surface area contributed by atoms with Gasteiger partial charge in [-0.15, -0.1) is 0 Å². The number of esters is 2. The van der Waals surface area contributed by atoms with Gasteiger partial charge in [0.15, 0.2) is 0 Å². The van der Waals surface area contributed by atoms with Gasteiger partial charge in [0.1, 0.15) is 5.75 Å². The van der Waals surface area contributed by atoms with Crippen LogP contribution in [0.2, 0.25) is 0 Å². The van der Waals surface area contributed by atoms with Crippen molar-refractivity contribution in [1.29, 1.82) is 0 Å². The first-order valence-electron chi connectivity index (χ1n) is 12.3. The van der Waals surface area contributed by atoms with Crippen molar-refractivity contribution in [3.8, 4) is 5.75 Å². The molecule has 35 heavy (non-hydrogen) atoms. The summed E-state index contributed by atoms with van der Waals surface area (Å²) in [6.45, 7) is 13.1. The first kappa shape index (κ1) is 30.4. The standard InChI is InChI=1S/C28H42O7/c1-6-14-28(19-29,20-30)15-18-33-25-23(12-8-16-34-26(31)21(2)3)10-7-11-24(25)13-9-17-35-27(32)22(4)5/h7,10-11,29-30H,2,4,6,8-9,12-20H2,1,3,5H3. The van der Waals surface area contributed by atoms with Crippen molar-refractivity contribution >= 4 is 11.9 Å². The molecule has 0 heterocycles. The quantitative estimate of drug-likeness (QED) is 0.179. The third kappa shape index (κ3) is 10.7. The minimum absolute atomic E-state index is 0.0998. The normalized spacial score (nSPS) is 11.1. The molecule has 0 aliphatic heterocycles. The van der Waals surface area contributed by atoms with Gasteiger partial charge >= 0.3 is 11.9 Å². The average molecular weight is 491 g/mol. The minimum atomic E-state index is -0.572. The van der Waals surface area contributed by atoms with Crippen molar-refractivity contribution < 1.29 is 34.0 Å². The fourth-order valence-corrected chi connectivity index (χ4v) is 3.71. The van der Waals surface area contributed by atoms with E-state index in [0.29, 0.717) is 56.3 Å². The molecule has 0 atom stereocenters. The molecule has 0 saturated carbocycles. The molecule has 7 nitrogen and oxygen atoms in total. The van der Waals surface area contributed by atoms with Crippen molar-refractivity contribution in [3.05, 3.63) is 53.6 Å². The maximum Gasteiger partial charge on any atom is 0.333 e. The number of rotatable bonds is 18. The monoisotopic (exact) mass is 490 g/mol. The zero-order valence-electron chi connectivity index (χ0n) is 21.6. The summed E-state index contributed by atoms with van der Waals surface area (Å²) in [5, 5.41) is 19.7. The topological polar surface area (TPSA) is 102 Å². The van der Waals surface area contributed by atoms with Crippen LogP contribution in [0.3, 0.4) is 0 Å². The lowest BCUT2D eigenvalue weighted by atomic mass is 9.82. The summed E-state index contributed by atoms with van der Waals surface area (Å²) in [5.41, 5.74) is 2.14. The summed E-state index contributed by atoms with van der Waals surface area (Å²) >= 11 is 0. The van der Waals surface area contributed by atoms with E-state index in [4.69, 9.17) is 14.2 Å². The molecular weight excluding hydrogens is 448 g/mol. The van der Waals surface area contributed by atoms with Crippen LogP contribution in [0.1, 0.15) is 64.0 Å². The highest BCUT2D eigenvalue weighted by Gasteiger charge is 2.28. The molecule has 2 N–H and O–H groups in total. The maximum absolute atomic E-state index is 11.6. The molecule has 0 saturated heterocycles. The number of ether oxygens (including phenoxy) is 3. The number of para-hydroxylation sites is 1. The number of carbonyl (C=O) groups excluding carboxylic acids is 2. The van der Waals surface area contributed by atoms with E-state index in [2.05, 4.69) is 13.2 Å². The molecule has 0 radical (unpaired) electrons. The fraction of sp³-hybridized carbons (Fsp3) is 0.571. The summed E-state index contributed by atoms with van der Waals surface area (Å²) in [5.74, 6) is -0.0501. The van der Waals surface area contributed by atoms with Crippen LogP contribution in [0.15, 0.2) is 42.5 Å². The highest BCUT2D eigenvalue weighted by Crippen LogP contribution is 2.30. The summed E-state index contributed by atoms with van der Waals surface area (Å²) in [4.78, 5) is 23.3. The Hall–Kier alpha value is -2.64. The van der Waals surface area contributed by atoms with E-state index < -0.39 is 17.4 Å². The van der Waals surface area contributed by atoms with E-state index in [1.54, 1.807) is 13.8 Å². The van der Waals surface area contributed by atoms with Crippen LogP contribution < -0.4 is 4.74 Å². The molecule has 196 valence electrons. The van der Waals surface area contributed by atoms with Crippen LogP contribution in [0, 0.1) is 5.41 Å². The molecule has 7 heteroatoms. The Bertz CT molecular complexity index is 787. The zero-order chi connectivity index (χ0) is 26.3. The highest BCUT2D eigenvalue weighted by molar-refractivity contribution is 5.87. The molecule has 0 amide bonds. The molecule has 0 fully saturated rings. The number of hydrogen-bond acceptors (Lipinski definition) is 7. The van der Waals surface area contributed by atoms with Crippen molar-refractivity contribution in [2.45, 2.75) is 65.7 Å². The lowest BCUT2D eigenvalue weighted by molar-refractivity contribution is -0.139. The van der Waals surface area contributed by atoms with E-state index in [9.17, 15) is 19.8 Å². The second kappa shape index (κ2) is 16.1. The largest absolute Gasteiger partial charge is 0.493 e. The summed E-state index contributed by atoms with van der Waals surface area (Å²) in [6.07, 6.45) is 4.64. The van der Waals surface area contributed by atoms with Gasteiger partial charge in [-0.25, -0.2) is 9.59 Å². The Kier molecular flexibility index (Phi) is 14.0. The molecule has 0 aliphatic carbocycles. The molecule has 0 aromatic heterocycles. The number of aliphatic hydroxyl groups is 2. The van der Waals surface area contributed by atoms with Gasteiger partial charge in [-0.05, 0) is 63.5 Å². The highest BCUT2D eigenvalue weighted by atomic mass is 16.5. The maximum atomic E-state index is 11.6. The van der Waals surface area contributed by atoms with Gasteiger partial charge in [0, 0.05) is 16.6 Å². The second-order valence-corrected chi connectivity index (χ2v) is 9.11. The van der Waals surface area contributed by atoms with Crippen LogP contribution in [0.4, 0.5) is 0 Å². The van der Waals surface area contributed by atoms with Gasteiger partial charge in [0.05, 0.1) is 33.0 Å². The number of aryl methyl sites for hydroxylation is 2. The average Bonchev–Trinajstić information content (AvgIpc) is 2.84. The lowest BCUT2D eigenvalue weighted by Crippen LogP contribution is -2.31. The predicted octanol–water partition coefficient (Wildman–Crippen LogP) is 4.33. The van der Waals surface area contributed by atoms with Crippen molar-refractivity contribution in [3.63, 3.8) is 0 Å². The van der Waals surface area contributed by atoms with Gasteiger partial charge in [0.2, 0.25) is 0 Å². The molecule has 0 bridgehead atoms. The van der Waals surface area contributed by atoms with E-state index in [0.717, 1.165) is 23.3 Å². The number of benzene rings is 1. The van der Waals surface area contributed by atoms with Crippen LogP contribution in [0.5, 0.6) is 5.75 Å². The molecular formula is C28H42O7. The third-order valence-corrected chi connectivity index (χ3v) is 5.85. The third-order valence-electron chi connectivity index (χ3n) is 5.85. The van der Waals surface area contributed by atoms with Crippen molar-refractivity contribution in [2.24, 2.45) is 5.41 Å². The first-order chi connectivity index (χ1) is 16.7. The Morgan fingerprint density at radius 3 is 1.74 bits per heavy atom. The lowest BCUT2D eigenvalue weighted by Gasteiger charge is -2.29. The van der Waals surface area contributed by atoms with E-state index in [-0.39, 0.29) is 26.4 Å². The first-order valence-corrected chi connectivity index (χ1v) is 12.3. The van der Waals surface area contributed by atoms with Gasteiger partial charge < -0.3 is 24.4 Å². The summed E-state index contributed by atoms with van der Waals surface area (Å²) < 4.78 is 16.7. The summed E-state index contributed by atoms with van der Waals surface area (Å²) in [6, 6.07) is 5.93. The van der Waals surface area contributed by atoms with Crippen LogP contribution >= 0.6 is 0 Å². The van der Waals surface area contributed by atoms with E-state index >= 15 is 0 Å². The number of carbonyl (C=O) groups is 2. The Morgan fingerprint density at radius 2 is 1.34 bits per heavy atom. The van der Waals surface area contributed by atoms with Gasteiger partial charge in [-0.3, -0.25) is 0 Å². The second-order valence-electron chi connectivity index (χ2n) is 9.11. The van der Waals surface area contributed by atoms with Crippen LogP contribution in [-0.4, -0.2) is 55.2 Å². The van der Waals surface area contributed by atoms with Gasteiger partial charge in [0.25, 0.3) is 0 Å². The fourth-order valence-electron chi connectivity index (χ4n) is 3.71. The Labute approximate surface area is 209 Å². The molecule has 0 aliphatic rings. The van der Waals surface area contributed by atoms with Gasteiger partial charge in [-0.2, -0.15) is 0 Å². The zero-order valence-corrected chi connectivity index (χ0v) is 21.6. The predicted molar refractivity (Wildman–Crippen MR) is 136 cm³/mol. The summed E-state index contributed by atoms with van der Waals surface area (Å²) in [7, 11) is 0. The molecule has 1 aromatic rings. The molecule has 0 spiro atoms. The molecule has 1 rings (SSSR count). The number of hydrogen-bond donors (Lipinski definition) is 2. The minimum Gasteiger partial charge on any atom is -0.493 e. The van der Waals surface area contributed by atoms with Crippen LogP contribution in [0.25, 0.3) is 0 Å². The molecule has 0 unspecified atom stereocenters. The van der Waals surface area contributed by atoms with Gasteiger partial charge in [-0.1, -0.05) is 44.7 Å². The SMILES string of the molecule is C=C(C)C(=O)OCCCc1cccc(CCCOC(=O)C(=C)C)c1OCCC(CO)(CO)CCC. The van der Waals surface area contributed by atoms with Crippen LogP contribution in [-0.2, 0) is 31.9 Å². The van der Waals surface area contributed by atoms with E-state index in [1.165, 1.54) is 0 Å². The van der Waals surface area contributed by atoms with Crippen molar-refractivity contribution in [2.75, 3.05) is 33.0 Å². The number of aliphatic hydroxyl groups excluding tert-OH is 2.